The van der Waals surface area contributed by atoms with Crippen LogP contribution < -0.4 is 5.73 Å². The van der Waals surface area contributed by atoms with Gasteiger partial charge in [-0.2, -0.15) is 0 Å². The number of hydrogen-bond acceptors (Lipinski definition) is 3. The molecule has 2 N–H and O–H groups in total. The van der Waals surface area contributed by atoms with Crippen LogP contribution in [0.2, 0.25) is 0 Å². The summed E-state index contributed by atoms with van der Waals surface area (Å²) in [5.74, 6) is 0.204. The largest absolute Gasteiger partial charge is 0.399 e. The lowest BCUT2D eigenvalue weighted by atomic mass is 9.90. The van der Waals surface area contributed by atoms with Crippen molar-refractivity contribution < 1.29 is 9.53 Å². The number of benzene rings is 1. The third kappa shape index (κ3) is 2.80. The van der Waals surface area contributed by atoms with Crippen molar-refractivity contribution in [1.29, 1.82) is 0 Å². The first-order chi connectivity index (χ1) is 9.74. The number of nitrogens with two attached hydrogens (primary N) is 1. The molecule has 1 aromatic carbocycles. The van der Waals surface area contributed by atoms with E-state index >= 15 is 0 Å². The zero-order chi connectivity index (χ0) is 13.9. The highest BCUT2D eigenvalue weighted by Crippen LogP contribution is 2.28. The summed E-state index contributed by atoms with van der Waals surface area (Å²) in [5, 5.41) is 0. The van der Waals surface area contributed by atoms with Crippen LogP contribution in [0.5, 0.6) is 0 Å². The minimum absolute atomic E-state index is 0.204. The molecule has 0 spiro atoms. The van der Waals surface area contributed by atoms with Crippen molar-refractivity contribution in [2.24, 2.45) is 0 Å². The number of hydrogen-bond donors (Lipinski definition) is 1. The minimum Gasteiger partial charge on any atom is -0.399 e. The van der Waals surface area contributed by atoms with Gasteiger partial charge in [-0.3, -0.25) is 4.79 Å². The molecular formula is C16H22N2O2. The molecule has 1 amide bonds. The van der Waals surface area contributed by atoms with Crippen molar-refractivity contribution >= 4 is 11.6 Å². The lowest BCUT2D eigenvalue weighted by Crippen LogP contribution is -2.55. The smallest absolute Gasteiger partial charge is 0.227 e. The Kier molecular flexibility index (Phi) is 3.92. The van der Waals surface area contributed by atoms with Gasteiger partial charge >= 0.3 is 0 Å². The van der Waals surface area contributed by atoms with E-state index in [2.05, 4.69) is 0 Å². The number of fused-ring (bicyclic) bond motifs is 1. The average Bonchev–Trinajstić information content (AvgIpc) is 2.46. The monoisotopic (exact) mass is 274 g/mol. The molecule has 0 bridgehead atoms. The summed E-state index contributed by atoms with van der Waals surface area (Å²) in [6.07, 6.45) is 5.28. The number of rotatable bonds is 2. The van der Waals surface area contributed by atoms with E-state index in [0.717, 1.165) is 24.9 Å². The Labute approximate surface area is 119 Å². The molecule has 2 unspecified atom stereocenters. The lowest BCUT2D eigenvalue weighted by Gasteiger charge is -2.43. The van der Waals surface area contributed by atoms with E-state index in [9.17, 15) is 4.79 Å². The summed E-state index contributed by atoms with van der Waals surface area (Å²) >= 11 is 0. The van der Waals surface area contributed by atoms with E-state index in [1.807, 2.05) is 29.2 Å². The molecule has 0 aromatic heterocycles. The van der Waals surface area contributed by atoms with E-state index in [0.29, 0.717) is 18.7 Å². The number of ether oxygens (including phenoxy) is 1. The van der Waals surface area contributed by atoms with Gasteiger partial charge in [-0.15, -0.1) is 0 Å². The second-order valence-electron chi connectivity index (χ2n) is 5.77. The van der Waals surface area contributed by atoms with Crippen molar-refractivity contribution in [1.82, 2.24) is 4.90 Å². The van der Waals surface area contributed by atoms with Gasteiger partial charge in [-0.05, 0) is 30.5 Å². The Bertz CT molecular complexity index is 487. The molecule has 1 saturated carbocycles. The summed E-state index contributed by atoms with van der Waals surface area (Å²) in [6, 6.07) is 7.88. The molecule has 1 heterocycles. The maximum Gasteiger partial charge on any atom is 0.227 e. The van der Waals surface area contributed by atoms with Crippen LogP contribution in [0.4, 0.5) is 5.69 Å². The van der Waals surface area contributed by atoms with E-state index < -0.39 is 0 Å². The van der Waals surface area contributed by atoms with Crippen molar-refractivity contribution in [3.8, 4) is 0 Å². The number of carbonyl (C=O) groups is 1. The zero-order valence-corrected chi connectivity index (χ0v) is 11.8. The molecule has 1 aliphatic carbocycles. The fourth-order valence-corrected chi connectivity index (χ4v) is 3.39. The van der Waals surface area contributed by atoms with Crippen LogP contribution in [0.1, 0.15) is 31.2 Å². The summed E-state index contributed by atoms with van der Waals surface area (Å²) in [4.78, 5) is 14.6. The predicted molar refractivity (Wildman–Crippen MR) is 78.3 cm³/mol. The van der Waals surface area contributed by atoms with Crippen molar-refractivity contribution in [3.63, 3.8) is 0 Å². The molecule has 3 rings (SSSR count). The van der Waals surface area contributed by atoms with Crippen molar-refractivity contribution in [2.75, 3.05) is 18.9 Å². The lowest BCUT2D eigenvalue weighted by molar-refractivity contribution is -0.148. The van der Waals surface area contributed by atoms with Crippen LogP contribution in [0.15, 0.2) is 24.3 Å². The first kappa shape index (κ1) is 13.4. The minimum atomic E-state index is 0.204. The Hall–Kier alpha value is -1.55. The second-order valence-corrected chi connectivity index (χ2v) is 5.77. The maximum atomic E-state index is 12.6. The topological polar surface area (TPSA) is 55.6 Å². The first-order valence-corrected chi connectivity index (χ1v) is 7.49. The number of carbonyl (C=O) groups excluding carboxylic acids is 1. The Morgan fingerprint density at radius 2 is 2.20 bits per heavy atom. The highest BCUT2D eigenvalue weighted by molar-refractivity contribution is 5.79. The van der Waals surface area contributed by atoms with Gasteiger partial charge in [0.25, 0.3) is 0 Å². The van der Waals surface area contributed by atoms with Gasteiger partial charge in [0.2, 0.25) is 5.91 Å². The van der Waals surface area contributed by atoms with Gasteiger partial charge < -0.3 is 15.4 Å². The molecule has 20 heavy (non-hydrogen) atoms. The Morgan fingerprint density at radius 1 is 1.35 bits per heavy atom. The second kappa shape index (κ2) is 5.83. The number of morpholine rings is 1. The molecule has 4 heteroatoms. The quantitative estimate of drug-likeness (QED) is 0.839. The van der Waals surface area contributed by atoms with Gasteiger partial charge in [0, 0.05) is 12.2 Å². The van der Waals surface area contributed by atoms with E-state index in [-0.39, 0.29) is 18.1 Å². The van der Waals surface area contributed by atoms with Crippen LogP contribution in [0.25, 0.3) is 0 Å². The maximum absolute atomic E-state index is 12.6. The van der Waals surface area contributed by atoms with Crippen LogP contribution in [0.3, 0.4) is 0 Å². The molecule has 1 aromatic rings. The Balaban J connectivity index is 1.69. The first-order valence-electron chi connectivity index (χ1n) is 7.49. The number of nitrogens with zero attached hydrogens (tertiary/aromatic N) is 1. The standard InChI is InChI=1S/C16H22N2O2/c17-13-5-3-4-12(10-13)11-16(19)18-8-9-20-15-7-2-1-6-14(15)18/h3-5,10,14-15H,1-2,6-9,11,17H2. The summed E-state index contributed by atoms with van der Waals surface area (Å²) in [7, 11) is 0. The predicted octanol–water partition coefficient (Wildman–Crippen LogP) is 1.98. The Morgan fingerprint density at radius 3 is 3.05 bits per heavy atom. The molecule has 2 fully saturated rings. The molecule has 1 aliphatic heterocycles. The molecule has 2 atom stereocenters. The molecule has 0 radical (unpaired) electrons. The van der Waals surface area contributed by atoms with Crippen molar-refractivity contribution in [2.45, 2.75) is 44.2 Å². The number of amides is 1. The highest BCUT2D eigenvalue weighted by Gasteiger charge is 2.36. The summed E-state index contributed by atoms with van der Waals surface area (Å²) in [6.45, 7) is 1.39. The summed E-state index contributed by atoms with van der Waals surface area (Å²) in [5.41, 5.74) is 7.48. The van der Waals surface area contributed by atoms with Gasteiger partial charge in [0.15, 0.2) is 0 Å². The SMILES string of the molecule is Nc1cccc(CC(=O)N2CCOC3CCCCC32)c1. The van der Waals surface area contributed by atoms with Crippen molar-refractivity contribution in [3.05, 3.63) is 29.8 Å². The summed E-state index contributed by atoms with van der Waals surface area (Å²) < 4.78 is 5.82. The number of anilines is 1. The molecule has 4 nitrogen and oxygen atoms in total. The molecule has 108 valence electrons. The molecular weight excluding hydrogens is 252 g/mol. The number of nitrogen functional groups attached to an aromatic ring is 1. The highest BCUT2D eigenvalue weighted by atomic mass is 16.5. The fourth-order valence-electron chi connectivity index (χ4n) is 3.39. The van der Waals surface area contributed by atoms with E-state index in [4.69, 9.17) is 10.5 Å². The van der Waals surface area contributed by atoms with Crippen LogP contribution in [0, 0.1) is 0 Å². The van der Waals surface area contributed by atoms with Crippen LogP contribution in [-0.4, -0.2) is 36.1 Å². The van der Waals surface area contributed by atoms with Gasteiger partial charge in [-0.25, -0.2) is 0 Å². The third-order valence-electron chi connectivity index (χ3n) is 4.36. The van der Waals surface area contributed by atoms with Crippen LogP contribution in [-0.2, 0) is 16.0 Å². The zero-order valence-electron chi connectivity index (χ0n) is 11.8. The van der Waals surface area contributed by atoms with Gasteiger partial charge in [-0.1, -0.05) is 25.0 Å². The third-order valence-corrected chi connectivity index (χ3v) is 4.36. The average molecular weight is 274 g/mol. The van der Waals surface area contributed by atoms with Gasteiger partial charge in [0.05, 0.1) is 25.2 Å². The molecule has 1 saturated heterocycles. The van der Waals surface area contributed by atoms with Crippen LogP contribution >= 0.6 is 0 Å². The normalized spacial score (nSPS) is 26.1. The van der Waals surface area contributed by atoms with Gasteiger partial charge in [0.1, 0.15) is 0 Å². The van der Waals surface area contributed by atoms with E-state index in [1.54, 1.807) is 0 Å². The fraction of sp³-hybridized carbons (Fsp3) is 0.562. The van der Waals surface area contributed by atoms with E-state index in [1.165, 1.54) is 12.8 Å². The molecule has 2 aliphatic rings.